The summed E-state index contributed by atoms with van der Waals surface area (Å²) in [5.41, 5.74) is 5.91. The molecule has 1 aliphatic carbocycles. The number of aromatic nitrogens is 3. The van der Waals surface area contributed by atoms with Crippen molar-refractivity contribution in [3.8, 4) is 0 Å². The van der Waals surface area contributed by atoms with Crippen LogP contribution in [0.5, 0.6) is 0 Å². The fraction of sp³-hybridized carbons (Fsp3) is 0.409. The van der Waals surface area contributed by atoms with E-state index in [0.717, 1.165) is 29.1 Å². The van der Waals surface area contributed by atoms with Crippen molar-refractivity contribution in [1.82, 2.24) is 14.8 Å². The van der Waals surface area contributed by atoms with Crippen LogP contribution in [0.15, 0.2) is 5.38 Å². The molecule has 0 spiro atoms. The fourth-order valence-corrected chi connectivity index (χ4v) is 6.13. The fourth-order valence-electron chi connectivity index (χ4n) is 4.21. The lowest BCUT2D eigenvalue weighted by atomic mass is 9.95. The molecule has 1 amide bonds. The molecule has 0 aromatic carbocycles. The van der Waals surface area contributed by atoms with Gasteiger partial charge in [0.1, 0.15) is 10.7 Å². The van der Waals surface area contributed by atoms with Crippen molar-refractivity contribution in [2.24, 2.45) is 5.73 Å². The van der Waals surface area contributed by atoms with Crippen molar-refractivity contribution >= 4 is 40.3 Å². The van der Waals surface area contributed by atoms with Crippen LogP contribution in [-0.4, -0.2) is 39.5 Å². The topological polar surface area (TPSA) is 117 Å². The van der Waals surface area contributed by atoms with Crippen molar-refractivity contribution in [1.29, 1.82) is 0 Å². The molecule has 0 saturated heterocycles. The molecular formula is C22H21F3N4O4S2. The molecule has 0 fully saturated rings. The second-order valence-electron chi connectivity index (χ2n) is 8.07. The number of thiazole rings is 1. The average Bonchev–Trinajstić information content (AvgIpc) is 3.50. The molecule has 186 valence electrons. The van der Waals surface area contributed by atoms with Gasteiger partial charge < -0.3 is 10.5 Å². The molecule has 3 aromatic rings. The number of nitrogens with zero attached hydrogens (tertiary/aromatic N) is 3. The number of alkyl halides is 3. The lowest BCUT2D eigenvalue weighted by molar-refractivity contribution is -0.142. The first-order valence-electron chi connectivity index (χ1n) is 10.6. The maximum atomic E-state index is 13.4. The molecule has 2 N–H and O–H groups in total. The number of ketones is 1. The number of hydrogen-bond donors (Lipinski definition) is 1. The number of Topliss-reactive ketones (excluding diaryl/α,β-unsaturated/α-hetero) is 1. The smallest absolute Gasteiger partial charge is 0.435 e. The van der Waals surface area contributed by atoms with Gasteiger partial charge in [0.05, 0.1) is 24.1 Å². The molecule has 1 aliphatic rings. The molecule has 0 atom stereocenters. The molecule has 4 rings (SSSR count). The number of ether oxygens (including phenoxy) is 1. The highest BCUT2D eigenvalue weighted by atomic mass is 32.1. The molecule has 0 bridgehead atoms. The van der Waals surface area contributed by atoms with Crippen LogP contribution < -0.4 is 5.73 Å². The van der Waals surface area contributed by atoms with E-state index < -0.39 is 29.5 Å². The Hall–Kier alpha value is -3.06. The minimum absolute atomic E-state index is 0.0215. The predicted molar refractivity (Wildman–Crippen MR) is 122 cm³/mol. The molecular weight excluding hydrogens is 505 g/mol. The summed E-state index contributed by atoms with van der Waals surface area (Å²) >= 11 is 2.09. The molecule has 0 aliphatic heterocycles. The van der Waals surface area contributed by atoms with Gasteiger partial charge in [-0.15, -0.1) is 22.7 Å². The molecule has 3 aromatic heterocycles. The van der Waals surface area contributed by atoms with Crippen LogP contribution in [0.3, 0.4) is 0 Å². The van der Waals surface area contributed by atoms with Crippen LogP contribution in [-0.2, 0) is 36.7 Å². The van der Waals surface area contributed by atoms with Crippen molar-refractivity contribution < 1.29 is 32.3 Å². The summed E-state index contributed by atoms with van der Waals surface area (Å²) in [5.74, 6) is -1.81. The van der Waals surface area contributed by atoms with E-state index in [0.29, 0.717) is 40.4 Å². The number of methoxy groups -OCH3 is 1. The zero-order valence-electron chi connectivity index (χ0n) is 18.8. The Morgan fingerprint density at radius 1 is 1.23 bits per heavy atom. The van der Waals surface area contributed by atoms with Crippen LogP contribution in [0.2, 0.25) is 0 Å². The van der Waals surface area contributed by atoms with Gasteiger partial charge >= 0.3 is 12.1 Å². The molecule has 0 radical (unpaired) electrons. The number of esters is 1. The van der Waals surface area contributed by atoms with E-state index in [9.17, 15) is 27.6 Å². The number of amides is 1. The summed E-state index contributed by atoms with van der Waals surface area (Å²) in [6, 6.07) is 0. The van der Waals surface area contributed by atoms with E-state index in [1.807, 2.05) is 0 Å². The lowest BCUT2D eigenvalue weighted by Gasteiger charge is -2.14. The Labute approximate surface area is 205 Å². The number of halogens is 3. The second kappa shape index (κ2) is 9.53. The Bertz CT molecular complexity index is 1320. The first-order valence-corrected chi connectivity index (χ1v) is 12.3. The summed E-state index contributed by atoms with van der Waals surface area (Å²) in [4.78, 5) is 41.6. The monoisotopic (exact) mass is 526 g/mol. The Morgan fingerprint density at radius 3 is 2.60 bits per heavy atom. The van der Waals surface area contributed by atoms with Crippen LogP contribution in [0, 0.1) is 6.92 Å². The molecule has 13 heteroatoms. The number of fused-ring (bicyclic) bond motifs is 1. The molecule has 0 unspecified atom stereocenters. The van der Waals surface area contributed by atoms with E-state index >= 15 is 0 Å². The third kappa shape index (κ3) is 4.87. The highest BCUT2D eigenvalue weighted by Crippen LogP contribution is 2.36. The summed E-state index contributed by atoms with van der Waals surface area (Å²) in [5, 5.41) is 5.79. The highest BCUT2D eigenvalue weighted by molar-refractivity contribution is 7.14. The number of primary amides is 1. The van der Waals surface area contributed by atoms with Crippen molar-refractivity contribution in [2.75, 3.05) is 7.11 Å². The standard InChI is InChI=1S/C22H21F3N4O4S2/c1-10-17(21(32)33-2)15(35-18(10)20(26)31)7-14(30)12-9-34-16(27-12)8-29-13-6-4-3-5-11(13)19(28-29)22(23,24)25/h9H,3-8H2,1-2H3,(H2,26,31). The number of carbonyl (C=O) groups is 3. The maximum Gasteiger partial charge on any atom is 0.435 e. The van der Waals surface area contributed by atoms with Gasteiger partial charge in [-0.25, -0.2) is 9.78 Å². The van der Waals surface area contributed by atoms with Crippen LogP contribution in [0.25, 0.3) is 0 Å². The Morgan fingerprint density at radius 2 is 1.94 bits per heavy atom. The van der Waals surface area contributed by atoms with Gasteiger partial charge in [-0.05, 0) is 38.2 Å². The quantitative estimate of drug-likeness (QED) is 0.368. The molecule has 8 nitrogen and oxygen atoms in total. The number of thiophene rings is 1. The van der Waals surface area contributed by atoms with Crippen LogP contribution in [0.4, 0.5) is 13.2 Å². The van der Waals surface area contributed by atoms with E-state index in [4.69, 9.17) is 10.5 Å². The number of hydrogen-bond acceptors (Lipinski definition) is 8. The van der Waals surface area contributed by atoms with Gasteiger partial charge in [-0.1, -0.05) is 0 Å². The first-order chi connectivity index (χ1) is 16.5. The van der Waals surface area contributed by atoms with Gasteiger partial charge in [0.25, 0.3) is 5.91 Å². The van der Waals surface area contributed by atoms with Crippen molar-refractivity contribution in [3.05, 3.63) is 53.9 Å². The van der Waals surface area contributed by atoms with E-state index in [1.165, 1.54) is 17.2 Å². The zero-order chi connectivity index (χ0) is 25.5. The summed E-state index contributed by atoms with van der Waals surface area (Å²) in [7, 11) is 1.19. The van der Waals surface area contributed by atoms with Crippen molar-refractivity contribution in [2.45, 2.75) is 51.7 Å². The zero-order valence-corrected chi connectivity index (χ0v) is 20.5. The summed E-state index contributed by atoms with van der Waals surface area (Å²) < 4.78 is 46.5. The third-order valence-corrected chi connectivity index (χ3v) is 7.94. The predicted octanol–water partition coefficient (Wildman–Crippen LogP) is 3.97. The Kier molecular flexibility index (Phi) is 6.82. The molecule has 35 heavy (non-hydrogen) atoms. The van der Waals surface area contributed by atoms with E-state index in [2.05, 4.69) is 10.1 Å². The average molecular weight is 527 g/mol. The first kappa shape index (κ1) is 25.0. The number of rotatable bonds is 7. The van der Waals surface area contributed by atoms with Gasteiger partial charge in [-0.3, -0.25) is 14.3 Å². The molecule has 3 heterocycles. The second-order valence-corrected chi connectivity index (χ2v) is 10.1. The molecule has 0 saturated carbocycles. The minimum atomic E-state index is -4.53. The summed E-state index contributed by atoms with van der Waals surface area (Å²) in [6.07, 6.45) is -2.43. The maximum absolute atomic E-state index is 13.4. The SMILES string of the molecule is COC(=O)c1c(CC(=O)c2csc(Cn3nc(C(F)(F)F)c4c3CCCC4)n2)sc(C(N)=O)c1C. The van der Waals surface area contributed by atoms with Crippen molar-refractivity contribution in [3.63, 3.8) is 0 Å². The Balaban J connectivity index is 1.57. The van der Waals surface area contributed by atoms with E-state index in [-0.39, 0.29) is 34.7 Å². The number of carbonyl (C=O) groups excluding carboxylic acids is 3. The van der Waals surface area contributed by atoms with Crippen LogP contribution in [0.1, 0.15) is 75.8 Å². The number of nitrogens with two attached hydrogens (primary N) is 1. The third-order valence-electron chi connectivity index (χ3n) is 5.80. The summed E-state index contributed by atoms with van der Waals surface area (Å²) in [6.45, 7) is 1.57. The largest absolute Gasteiger partial charge is 0.465 e. The van der Waals surface area contributed by atoms with Crippen LogP contribution >= 0.6 is 22.7 Å². The minimum Gasteiger partial charge on any atom is -0.465 e. The van der Waals surface area contributed by atoms with Gasteiger partial charge in [-0.2, -0.15) is 18.3 Å². The van der Waals surface area contributed by atoms with Gasteiger partial charge in [0.15, 0.2) is 11.5 Å². The highest BCUT2D eigenvalue weighted by Gasteiger charge is 2.39. The normalized spacial score (nSPS) is 13.5. The van der Waals surface area contributed by atoms with Gasteiger partial charge in [0.2, 0.25) is 0 Å². The lowest BCUT2D eigenvalue weighted by Crippen LogP contribution is -2.12. The van der Waals surface area contributed by atoms with E-state index in [1.54, 1.807) is 6.92 Å². The van der Waals surface area contributed by atoms with Gasteiger partial charge in [0, 0.05) is 27.9 Å².